The van der Waals surface area contributed by atoms with Crippen LogP contribution in [0.3, 0.4) is 0 Å². The second kappa shape index (κ2) is 5.43. The summed E-state index contributed by atoms with van der Waals surface area (Å²) in [5.74, 6) is 1.06. The van der Waals surface area contributed by atoms with E-state index in [0.717, 1.165) is 22.9 Å². The highest BCUT2D eigenvalue weighted by Gasteiger charge is 2.05. The molecule has 0 aliphatic rings. The van der Waals surface area contributed by atoms with Crippen LogP contribution in [0.25, 0.3) is 10.9 Å². The summed E-state index contributed by atoms with van der Waals surface area (Å²) in [5, 5.41) is 1.01. The Labute approximate surface area is 100 Å². The van der Waals surface area contributed by atoms with Crippen LogP contribution in [-0.2, 0) is 4.79 Å². The Kier molecular flexibility index (Phi) is 3.70. The van der Waals surface area contributed by atoms with Gasteiger partial charge >= 0.3 is 0 Å². The van der Waals surface area contributed by atoms with Gasteiger partial charge in [-0.3, -0.25) is 4.98 Å². The van der Waals surface area contributed by atoms with E-state index < -0.39 is 0 Å². The van der Waals surface area contributed by atoms with Crippen LogP contribution in [0.2, 0.25) is 0 Å². The highest BCUT2D eigenvalue weighted by Crippen LogP contribution is 2.24. The normalized spacial score (nSPS) is 12.3. The summed E-state index contributed by atoms with van der Waals surface area (Å²) in [4.78, 5) is 14.6. The second-order valence-corrected chi connectivity index (χ2v) is 4.14. The molecule has 3 nitrogen and oxygen atoms in total. The minimum atomic E-state index is 0.236. The van der Waals surface area contributed by atoms with Gasteiger partial charge in [-0.25, -0.2) is 0 Å². The van der Waals surface area contributed by atoms with Gasteiger partial charge in [-0.2, -0.15) is 0 Å². The van der Waals surface area contributed by atoms with Crippen LogP contribution in [0.15, 0.2) is 36.5 Å². The zero-order valence-electron chi connectivity index (χ0n) is 9.80. The van der Waals surface area contributed by atoms with Crippen LogP contribution in [0.4, 0.5) is 0 Å². The van der Waals surface area contributed by atoms with Gasteiger partial charge in [0.05, 0.1) is 12.1 Å². The first kappa shape index (κ1) is 11.6. The third kappa shape index (κ3) is 2.81. The van der Waals surface area contributed by atoms with Gasteiger partial charge in [0.2, 0.25) is 0 Å². The second-order valence-electron chi connectivity index (χ2n) is 4.14. The van der Waals surface area contributed by atoms with Crippen molar-refractivity contribution in [2.24, 2.45) is 5.92 Å². The van der Waals surface area contributed by atoms with Crippen LogP contribution in [0.1, 0.15) is 13.3 Å². The van der Waals surface area contributed by atoms with Gasteiger partial charge in [0.25, 0.3) is 0 Å². The smallest absolute Gasteiger partial charge is 0.128 e. The molecule has 1 atom stereocenters. The minimum Gasteiger partial charge on any atom is -0.493 e. The van der Waals surface area contributed by atoms with E-state index in [0.29, 0.717) is 13.0 Å². The van der Waals surface area contributed by atoms with Gasteiger partial charge in [-0.15, -0.1) is 0 Å². The van der Waals surface area contributed by atoms with Crippen molar-refractivity contribution in [1.29, 1.82) is 0 Å². The monoisotopic (exact) mass is 229 g/mol. The third-order valence-corrected chi connectivity index (χ3v) is 2.63. The Hall–Kier alpha value is -1.90. The maximum Gasteiger partial charge on any atom is 0.128 e. The van der Waals surface area contributed by atoms with Gasteiger partial charge in [0.15, 0.2) is 0 Å². The predicted molar refractivity (Wildman–Crippen MR) is 67.1 cm³/mol. The molecule has 1 aromatic heterocycles. The van der Waals surface area contributed by atoms with Gasteiger partial charge in [0.1, 0.15) is 12.0 Å². The Morgan fingerprint density at radius 2 is 2.24 bits per heavy atom. The van der Waals surface area contributed by atoms with Gasteiger partial charge in [0, 0.05) is 18.0 Å². The van der Waals surface area contributed by atoms with E-state index in [-0.39, 0.29) is 5.92 Å². The molecule has 0 spiro atoms. The van der Waals surface area contributed by atoms with Gasteiger partial charge < -0.3 is 9.53 Å². The van der Waals surface area contributed by atoms with Crippen LogP contribution in [0.5, 0.6) is 5.75 Å². The molecule has 2 aromatic rings. The molecule has 1 unspecified atom stereocenters. The quantitative estimate of drug-likeness (QED) is 0.740. The van der Waals surface area contributed by atoms with Crippen LogP contribution < -0.4 is 4.74 Å². The number of hydrogen-bond acceptors (Lipinski definition) is 3. The lowest BCUT2D eigenvalue weighted by Crippen LogP contribution is -2.09. The van der Waals surface area contributed by atoms with E-state index in [2.05, 4.69) is 4.98 Å². The lowest BCUT2D eigenvalue weighted by Gasteiger charge is -2.12. The molecule has 17 heavy (non-hydrogen) atoms. The molecular weight excluding hydrogens is 214 g/mol. The maximum absolute atomic E-state index is 10.4. The Morgan fingerprint density at radius 1 is 1.35 bits per heavy atom. The summed E-state index contributed by atoms with van der Waals surface area (Å²) in [7, 11) is 0. The van der Waals surface area contributed by atoms with E-state index in [4.69, 9.17) is 4.74 Å². The van der Waals surface area contributed by atoms with E-state index in [1.54, 1.807) is 6.20 Å². The summed E-state index contributed by atoms with van der Waals surface area (Å²) in [6, 6.07) is 9.69. The highest BCUT2D eigenvalue weighted by molar-refractivity contribution is 5.84. The third-order valence-electron chi connectivity index (χ3n) is 2.63. The van der Waals surface area contributed by atoms with Crippen molar-refractivity contribution in [2.45, 2.75) is 13.3 Å². The van der Waals surface area contributed by atoms with E-state index >= 15 is 0 Å². The largest absolute Gasteiger partial charge is 0.493 e. The molecule has 0 radical (unpaired) electrons. The summed E-state index contributed by atoms with van der Waals surface area (Å²) in [6.07, 6.45) is 3.23. The average molecular weight is 229 g/mol. The molecule has 0 aliphatic heterocycles. The Morgan fingerprint density at radius 3 is 3.06 bits per heavy atom. The standard InChI is InChI=1S/C14H15NO2/c1-11(7-9-16)10-17-14-6-2-5-13-12(14)4-3-8-15-13/h2-6,8-9,11H,7,10H2,1H3. The fourth-order valence-corrected chi connectivity index (χ4v) is 1.67. The van der Waals surface area contributed by atoms with Crippen LogP contribution >= 0.6 is 0 Å². The molecule has 0 saturated heterocycles. The molecule has 1 aromatic carbocycles. The Bertz CT molecular complexity index is 505. The summed E-state index contributed by atoms with van der Waals surface area (Å²) >= 11 is 0. The van der Waals surface area contributed by atoms with Crippen molar-refractivity contribution in [3.8, 4) is 5.75 Å². The number of pyridine rings is 1. The first-order valence-electron chi connectivity index (χ1n) is 5.71. The molecule has 0 saturated carbocycles. The number of rotatable bonds is 5. The first-order valence-corrected chi connectivity index (χ1v) is 5.71. The number of carbonyl (C=O) groups is 1. The summed E-state index contributed by atoms with van der Waals surface area (Å²) < 4.78 is 5.73. The SMILES string of the molecule is CC(CC=O)COc1cccc2ncccc12. The van der Waals surface area contributed by atoms with Crippen molar-refractivity contribution in [3.63, 3.8) is 0 Å². The maximum atomic E-state index is 10.4. The highest BCUT2D eigenvalue weighted by atomic mass is 16.5. The number of carbonyl (C=O) groups excluding carboxylic acids is 1. The topological polar surface area (TPSA) is 39.2 Å². The number of benzene rings is 1. The molecule has 0 N–H and O–H groups in total. The summed E-state index contributed by atoms with van der Waals surface area (Å²) in [6.45, 7) is 2.55. The van der Waals surface area contributed by atoms with Crippen molar-refractivity contribution < 1.29 is 9.53 Å². The molecule has 0 bridgehead atoms. The van der Waals surface area contributed by atoms with E-state index in [1.807, 2.05) is 37.3 Å². The lowest BCUT2D eigenvalue weighted by molar-refractivity contribution is -0.108. The van der Waals surface area contributed by atoms with Crippen molar-refractivity contribution in [2.75, 3.05) is 6.61 Å². The number of ether oxygens (including phenoxy) is 1. The molecule has 1 heterocycles. The van der Waals surface area contributed by atoms with Gasteiger partial charge in [-0.1, -0.05) is 13.0 Å². The zero-order chi connectivity index (χ0) is 12.1. The number of aldehydes is 1. The number of hydrogen-bond donors (Lipinski definition) is 0. The van der Waals surface area contributed by atoms with E-state index in [1.165, 1.54) is 0 Å². The minimum absolute atomic E-state index is 0.236. The number of aromatic nitrogens is 1. The zero-order valence-corrected chi connectivity index (χ0v) is 9.80. The molecule has 3 heteroatoms. The average Bonchev–Trinajstić information content (AvgIpc) is 2.36. The molecule has 0 fully saturated rings. The van der Waals surface area contributed by atoms with Crippen molar-refractivity contribution in [3.05, 3.63) is 36.5 Å². The fraction of sp³-hybridized carbons (Fsp3) is 0.286. The van der Waals surface area contributed by atoms with E-state index in [9.17, 15) is 4.79 Å². The van der Waals surface area contributed by atoms with Crippen molar-refractivity contribution >= 4 is 17.2 Å². The number of fused-ring (bicyclic) bond motifs is 1. The summed E-state index contributed by atoms with van der Waals surface area (Å²) in [5.41, 5.74) is 0.924. The van der Waals surface area contributed by atoms with Crippen LogP contribution in [-0.4, -0.2) is 17.9 Å². The fourth-order valence-electron chi connectivity index (χ4n) is 1.67. The molecule has 88 valence electrons. The lowest BCUT2D eigenvalue weighted by atomic mass is 10.1. The predicted octanol–water partition coefficient (Wildman–Crippen LogP) is 2.84. The molecular formula is C14H15NO2. The van der Waals surface area contributed by atoms with Gasteiger partial charge in [-0.05, 0) is 30.2 Å². The van der Waals surface area contributed by atoms with Crippen LogP contribution in [0, 0.1) is 5.92 Å². The Balaban J connectivity index is 2.15. The first-order chi connectivity index (χ1) is 8.31. The van der Waals surface area contributed by atoms with Crippen molar-refractivity contribution in [1.82, 2.24) is 4.98 Å². The molecule has 0 aliphatic carbocycles. The number of nitrogens with zero attached hydrogens (tertiary/aromatic N) is 1. The molecule has 2 rings (SSSR count). The molecule has 0 amide bonds.